The van der Waals surface area contributed by atoms with Crippen LogP contribution in [-0.4, -0.2) is 49.0 Å². The number of fused-ring (bicyclic) bond motifs is 1. The Bertz CT molecular complexity index is 402. The number of carboxylic acids is 1. The van der Waals surface area contributed by atoms with Crippen molar-refractivity contribution in [2.45, 2.75) is 6.92 Å². The first-order valence-electron chi connectivity index (χ1n) is 4.19. The number of carbonyl (C=O) groups is 1. The minimum absolute atomic E-state index is 0.833. The van der Waals surface area contributed by atoms with Crippen LogP contribution in [-0.2, 0) is 4.79 Å². The van der Waals surface area contributed by atoms with Gasteiger partial charge in [0.15, 0.2) is 0 Å². The molecular weight excluding hydrogens is 191 g/mol. The van der Waals surface area contributed by atoms with Crippen LogP contribution in [0, 0.1) is 0 Å². The van der Waals surface area contributed by atoms with Gasteiger partial charge in [0.25, 0.3) is 5.97 Å². The summed E-state index contributed by atoms with van der Waals surface area (Å²) in [5.41, 5.74) is 1.01. The summed E-state index contributed by atoms with van der Waals surface area (Å²) < 4.78 is 1.30. The van der Waals surface area contributed by atoms with Gasteiger partial charge in [0.1, 0.15) is 0 Å². The number of aliphatic carboxylic acids is 1. The van der Waals surface area contributed by atoms with E-state index in [-0.39, 0.29) is 0 Å². The predicted octanol–water partition coefficient (Wildman–Crippen LogP) is 0.448. The van der Waals surface area contributed by atoms with Crippen LogP contribution in [0.4, 0.5) is 0 Å². The van der Waals surface area contributed by atoms with Crippen molar-refractivity contribution in [1.29, 1.82) is 0 Å². The van der Waals surface area contributed by atoms with Gasteiger partial charge in [-0.1, -0.05) is 0 Å². The number of aromatic amines is 1. The summed E-state index contributed by atoms with van der Waals surface area (Å²) in [6, 6.07) is 6.17. The number of hydrogen-bond donors (Lipinski definition) is 2. The third kappa shape index (κ3) is 3.49. The Morgan fingerprint density at radius 3 is 2.86 bits per heavy atom. The molecule has 4 nitrogen and oxygen atoms in total. The zero-order valence-electron chi connectivity index (χ0n) is 8.11. The standard InChI is InChI=1S/C7H5N2.C2H4O2.Na/c1-2-6-3-5-9-7(6)8-4-1;1-2(3)4;/h1-4H,(H,8,9);1H3,(H,3,4);. The van der Waals surface area contributed by atoms with E-state index in [1.165, 1.54) is 8.33 Å². The van der Waals surface area contributed by atoms with Gasteiger partial charge in [-0.15, -0.1) is 0 Å². The van der Waals surface area contributed by atoms with Gasteiger partial charge in [0.05, 0.1) is 0 Å². The van der Waals surface area contributed by atoms with E-state index in [2.05, 4.69) is 22.1 Å². The van der Waals surface area contributed by atoms with E-state index in [1.807, 2.05) is 6.07 Å². The number of nitrogens with one attached hydrogen (secondary N) is 1. The number of H-pyrrole nitrogens is 1. The van der Waals surface area contributed by atoms with Gasteiger partial charge in [-0.3, -0.25) is 4.79 Å². The van der Waals surface area contributed by atoms with E-state index < -0.39 is 5.97 Å². The van der Waals surface area contributed by atoms with Crippen LogP contribution >= 0.6 is 0 Å². The molecule has 2 aromatic heterocycles. The molecular formula is C9H9N2NaO2. The Morgan fingerprint density at radius 1 is 1.64 bits per heavy atom. The summed E-state index contributed by atoms with van der Waals surface area (Å²) in [6.45, 7) is 1.08. The molecule has 0 aromatic carbocycles. The zero-order valence-corrected chi connectivity index (χ0v) is 10.1. The van der Waals surface area contributed by atoms with Crippen LogP contribution in [0.15, 0.2) is 24.4 Å². The molecule has 68 valence electrons. The molecule has 2 rings (SSSR count). The molecule has 0 unspecified atom stereocenters. The Labute approximate surface area is 98.8 Å². The van der Waals surface area contributed by atoms with E-state index in [0.29, 0.717) is 0 Å². The Hall–Kier alpha value is -0.840. The number of aromatic nitrogens is 2. The average Bonchev–Trinajstić information content (AvgIpc) is 2.42. The molecule has 2 aromatic rings. The first-order valence-corrected chi connectivity index (χ1v) is 5.19. The average molecular weight is 200 g/mol. The van der Waals surface area contributed by atoms with Gasteiger partial charge >= 0.3 is 76.3 Å². The zero-order chi connectivity index (χ0) is 10.6. The second-order valence-corrected chi connectivity index (χ2v) is 3.99. The number of rotatable bonds is 0. The topological polar surface area (TPSA) is 66.0 Å². The van der Waals surface area contributed by atoms with Crippen LogP contribution in [0.1, 0.15) is 6.92 Å². The molecule has 0 saturated carbocycles. The predicted molar refractivity (Wildman–Crippen MR) is 54.8 cm³/mol. The van der Waals surface area contributed by atoms with Crippen molar-refractivity contribution in [1.82, 2.24) is 9.97 Å². The fourth-order valence-electron chi connectivity index (χ4n) is 1.09. The Morgan fingerprint density at radius 2 is 2.29 bits per heavy atom. The van der Waals surface area contributed by atoms with Crippen molar-refractivity contribution >= 4 is 47.9 Å². The van der Waals surface area contributed by atoms with Crippen LogP contribution < -0.4 is 2.94 Å². The van der Waals surface area contributed by atoms with E-state index in [4.69, 9.17) is 9.90 Å². The molecule has 0 aliphatic heterocycles. The first-order chi connectivity index (χ1) is 6.59. The molecule has 0 atom stereocenters. The first kappa shape index (κ1) is 11.2. The summed E-state index contributed by atoms with van der Waals surface area (Å²) in [7, 11) is 0. The molecule has 0 amide bonds. The molecule has 2 heterocycles. The normalized spacial score (nSPS) is 9.36. The summed E-state index contributed by atoms with van der Waals surface area (Å²) >= 11 is 1.07. The number of nitrogens with zero attached hydrogens (tertiary/aromatic N) is 1. The second kappa shape index (κ2) is 5.14. The van der Waals surface area contributed by atoms with E-state index in [0.717, 1.165) is 40.5 Å². The van der Waals surface area contributed by atoms with Crippen LogP contribution in [0.2, 0.25) is 0 Å². The Balaban J connectivity index is 0.000000213. The van der Waals surface area contributed by atoms with Crippen LogP contribution in [0.5, 0.6) is 0 Å². The van der Waals surface area contributed by atoms with Crippen molar-refractivity contribution in [3.63, 3.8) is 0 Å². The summed E-state index contributed by atoms with van der Waals surface area (Å²) in [4.78, 5) is 16.4. The molecule has 0 fully saturated rings. The third-order valence-corrected chi connectivity index (χ3v) is 2.07. The van der Waals surface area contributed by atoms with E-state index in [1.54, 1.807) is 6.20 Å². The SMILES string of the molecule is CC(=O)O.[Na][c]1cc2cccnc2[nH]1. The third-order valence-electron chi connectivity index (χ3n) is 1.53. The van der Waals surface area contributed by atoms with Crippen molar-refractivity contribution in [3.05, 3.63) is 24.4 Å². The minimum atomic E-state index is -0.833. The van der Waals surface area contributed by atoms with Crippen LogP contribution in [0.25, 0.3) is 11.0 Å². The quantitative estimate of drug-likeness (QED) is 0.607. The van der Waals surface area contributed by atoms with Crippen LogP contribution in [0.3, 0.4) is 0 Å². The fourth-order valence-corrected chi connectivity index (χ4v) is 1.64. The number of pyridine rings is 1. The van der Waals surface area contributed by atoms with E-state index >= 15 is 0 Å². The molecule has 14 heavy (non-hydrogen) atoms. The molecule has 0 bridgehead atoms. The van der Waals surface area contributed by atoms with Gasteiger partial charge < -0.3 is 5.11 Å². The van der Waals surface area contributed by atoms with Crippen molar-refractivity contribution < 1.29 is 9.90 Å². The molecule has 0 saturated heterocycles. The maximum atomic E-state index is 9.00. The molecule has 0 aliphatic carbocycles. The monoisotopic (exact) mass is 200 g/mol. The van der Waals surface area contributed by atoms with Gasteiger partial charge in [0, 0.05) is 6.92 Å². The van der Waals surface area contributed by atoms with Gasteiger partial charge in [-0.25, -0.2) is 0 Å². The molecule has 5 heteroatoms. The number of hydrogen-bond acceptors (Lipinski definition) is 2. The van der Waals surface area contributed by atoms with Gasteiger partial charge in [-0.05, 0) is 0 Å². The molecule has 0 aliphatic rings. The summed E-state index contributed by atoms with van der Waals surface area (Å²) in [5, 5.41) is 8.63. The molecule has 2 N–H and O–H groups in total. The van der Waals surface area contributed by atoms with Gasteiger partial charge in [-0.2, -0.15) is 0 Å². The van der Waals surface area contributed by atoms with Crippen molar-refractivity contribution in [3.8, 4) is 0 Å². The molecule has 0 radical (unpaired) electrons. The Kier molecular flexibility index (Phi) is 4.13. The molecule has 0 spiro atoms. The van der Waals surface area contributed by atoms with E-state index in [9.17, 15) is 0 Å². The summed E-state index contributed by atoms with van der Waals surface area (Å²) in [6.07, 6.45) is 1.81. The maximum absolute atomic E-state index is 9.00. The van der Waals surface area contributed by atoms with Crippen molar-refractivity contribution in [2.24, 2.45) is 0 Å². The van der Waals surface area contributed by atoms with Crippen molar-refractivity contribution in [2.75, 3.05) is 0 Å². The fraction of sp³-hybridized carbons (Fsp3) is 0.111. The number of carboxylic acid groups (broad SMARTS) is 1. The van der Waals surface area contributed by atoms with Gasteiger partial charge in [0.2, 0.25) is 0 Å². The second-order valence-electron chi connectivity index (χ2n) is 2.91. The summed E-state index contributed by atoms with van der Waals surface area (Å²) in [5.74, 6) is -0.833.